The second-order valence-corrected chi connectivity index (χ2v) is 12.3. The first kappa shape index (κ1) is 27.5. The monoisotopic (exact) mass is 568 g/mol. The Bertz CT molecular complexity index is 1440. The van der Waals surface area contributed by atoms with Crippen LogP contribution >= 0.6 is 0 Å². The summed E-state index contributed by atoms with van der Waals surface area (Å²) in [6.45, 7) is 5.67. The van der Waals surface area contributed by atoms with E-state index in [2.05, 4.69) is 34.1 Å². The zero-order valence-corrected chi connectivity index (χ0v) is 24.2. The Morgan fingerprint density at radius 3 is 1.50 bits per heavy atom. The van der Waals surface area contributed by atoms with Crippen LogP contribution in [0.4, 0.5) is 11.6 Å². The van der Waals surface area contributed by atoms with Gasteiger partial charge in [0.05, 0.1) is 48.5 Å². The summed E-state index contributed by atoms with van der Waals surface area (Å²) in [6.07, 6.45) is 7.05. The van der Waals surface area contributed by atoms with Crippen molar-refractivity contribution < 1.29 is 19.7 Å². The van der Waals surface area contributed by atoms with Gasteiger partial charge in [-0.2, -0.15) is 0 Å². The fraction of sp³-hybridized carbons (Fsp3) is 0.471. The first-order valence-electron chi connectivity index (χ1n) is 15.3. The Labute approximate surface area is 246 Å². The molecular weight excluding hydrogens is 528 g/mol. The van der Waals surface area contributed by atoms with Gasteiger partial charge in [-0.25, -0.2) is 9.97 Å². The third kappa shape index (κ3) is 5.00. The molecule has 4 aliphatic rings. The molecule has 2 aromatic carbocycles. The number of aliphatic hydroxyl groups is 2. The van der Waals surface area contributed by atoms with E-state index < -0.39 is 0 Å². The van der Waals surface area contributed by atoms with Crippen LogP contribution in [0.15, 0.2) is 60.7 Å². The van der Waals surface area contributed by atoms with Crippen LogP contribution in [0.25, 0.3) is 21.8 Å². The Balaban J connectivity index is 0.000000137. The first-order chi connectivity index (χ1) is 20.6. The SMILES string of the molecule is OCc1ccc2nc(N3CCCC34CCOC4)ccc2c1.OCc1ccc2nc(N3CCC[C@@]34CCOC4)ccc2c1. The second kappa shape index (κ2) is 11.4. The molecule has 8 heteroatoms. The van der Waals surface area contributed by atoms with Crippen LogP contribution in [0.2, 0.25) is 0 Å². The van der Waals surface area contributed by atoms with Crippen LogP contribution in [-0.2, 0) is 22.7 Å². The summed E-state index contributed by atoms with van der Waals surface area (Å²) in [5, 5.41) is 20.6. The van der Waals surface area contributed by atoms with Gasteiger partial charge in [-0.15, -0.1) is 0 Å². The van der Waals surface area contributed by atoms with Crippen molar-refractivity contribution in [3.63, 3.8) is 0 Å². The summed E-state index contributed by atoms with van der Waals surface area (Å²) >= 11 is 0. The first-order valence-corrected chi connectivity index (χ1v) is 15.3. The van der Waals surface area contributed by atoms with Crippen LogP contribution in [0.3, 0.4) is 0 Å². The number of rotatable bonds is 4. The lowest BCUT2D eigenvalue weighted by Gasteiger charge is -2.34. The molecule has 0 radical (unpaired) electrons. The van der Waals surface area contributed by atoms with Crippen molar-refractivity contribution in [1.29, 1.82) is 0 Å². The van der Waals surface area contributed by atoms with Gasteiger partial charge in [-0.1, -0.05) is 12.1 Å². The van der Waals surface area contributed by atoms with Crippen LogP contribution in [0, 0.1) is 0 Å². The molecule has 0 bridgehead atoms. The highest BCUT2D eigenvalue weighted by molar-refractivity contribution is 5.82. The predicted molar refractivity (Wildman–Crippen MR) is 165 cm³/mol. The van der Waals surface area contributed by atoms with E-state index in [1.54, 1.807) is 0 Å². The highest BCUT2D eigenvalue weighted by atomic mass is 16.5. The molecule has 0 aliphatic carbocycles. The van der Waals surface area contributed by atoms with E-state index in [-0.39, 0.29) is 24.3 Å². The van der Waals surface area contributed by atoms with Gasteiger partial charge in [0.2, 0.25) is 0 Å². The number of pyridine rings is 2. The van der Waals surface area contributed by atoms with Gasteiger partial charge in [0, 0.05) is 37.1 Å². The number of ether oxygens (including phenoxy) is 2. The number of hydrogen-bond donors (Lipinski definition) is 2. The van der Waals surface area contributed by atoms with Crippen LogP contribution in [0.1, 0.15) is 49.7 Å². The van der Waals surface area contributed by atoms with Crippen molar-refractivity contribution in [3.05, 3.63) is 71.8 Å². The molecule has 1 unspecified atom stereocenters. The highest BCUT2D eigenvalue weighted by Gasteiger charge is 2.45. The number of hydrogen-bond acceptors (Lipinski definition) is 8. The van der Waals surface area contributed by atoms with Gasteiger partial charge < -0.3 is 29.5 Å². The van der Waals surface area contributed by atoms with Gasteiger partial charge >= 0.3 is 0 Å². The summed E-state index contributed by atoms with van der Waals surface area (Å²) in [5.74, 6) is 2.12. The van der Waals surface area contributed by atoms with E-state index in [9.17, 15) is 10.2 Å². The molecule has 4 aliphatic heterocycles. The molecule has 6 heterocycles. The van der Waals surface area contributed by atoms with Gasteiger partial charge in [-0.05, 0) is 98.2 Å². The van der Waals surface area contributed by atoms with E-state index in [1.807, 2.05) is 36.4 Å². The van der Waals surface area contributed by atoms with E-state index in [0.29, 0.717) is 0 Å². The molecular formula is C34H40N4O4. The minimum absolute atomic E-state index is 0.0737. The Hall–Kier alpha value is -3.30. The molecule has 2 spiro atoms. The fourth-order valence-corrected chi connectivity index (χ4v) is 7.43. The molecule has 2 N–H and O–H groups in total. The molecule has 8 nitrogen and oxygen atoms in total. The van der Waals surface area contributed by atoms with E-state index in [1.165, 1.54) is 25.7 Å². The molecule has 0 amide bonds. The minimum atomic E-state index is 0.0737. The van der Waals surface area contributed by atoms with Gasteiger partial charge in [0.15, 0.2) is 0 Å². The van der Waals surface area contributed by atoms with Crippen molar-refractivity contribution >= 4 is 33.4 Å². The molecule has 4 fully saturated rings. The van der Waals surface area contributed by atoms with Crippen molar-refractivity contribution in [3.8, 4) is 0 Å². The summed E-state index contributed by atoms with van der Waals surface area (Å²) in [6, 6.07) is 20.3. The average molecular weight is 569 g/mol. The van der Waals surface area contributed by atoms with Gasteiger partial charge in [-0.3, -0.25) is 0 Å². The summed E-state index contributed by atoms with van der Waals surface area (Å²) < 4.78 is 11.3. The maximum Gasteiger partial charge on any atom is 0.129 e. The number of aliphatic hydroxyl groups excluding tert-OH is 2. The maximum absolute atomic E-state index is 9.22. The van der Waals surface area contributed by atoms with E-state index >= 15 is 0 Å². The summed E-state index contributed by atoms with van der Waals surface area (Å²) in [7, 11) is 0. The van der Waals surface area contributed by atoms with Crippen LogP contribution < -0.4 is 9.80 Å². The zero-order valence-electron chi connectivity index (χ0n) is 24.2. The lowest BCUT2D eigenvalue weighted by molar-refractivity contribution is 0.178. The Kier molecular flexibility index (Phi) is 7.48. The standard InChI is InChI=1S/2C17H20N2O2/c2*20-11-13-2-4-15-14(10-13)3-5-16(18-15)19-8-1-6-17(19)7-9-21-12-17/h2*2-5,10,20H,1,6-9,11-12H2/t17-;/m0./s1. The molecule has 2 aromatic heterocycles. The lowest BCUT2D eigenvalue weighted by atomic mass is 9.95. The highest BCUT2D eigenvalue weighted by Crippen LogP contribution is 2.40. The molecule has 2 atom stereocenters. The molecule has 4 saturated heterocycles. The Morgan fingerprint density at radius 2 is 1.10 bits per heavy atom. The lowest BCUT2D eigenvalue weighted by Crippen LogP contribution is -2.45. The third-order valence-corrected chi connectivity index (χ3v) is 9.75. The Morgan fingerprint density at radius 1 is 0.619 bits per heavy atom. The third-order valence-electron chi connectivity index (χ3n) is 9.75. The number of nitrogens with zero attached hydrogens (tertiary/aromatic N) is 4. The maximum atomic E-state index is 9.22. The van der Waals surface area contributed by atoms with Crippen molar-refractivity contribution in [2.24, 2.45) is 0 Å². The topological polar surface area (TPSA) is 91.2 Å². The summed E-state index contributed by atoms with van der Waals surface area (Å²) in [4.78, 5) is 14.6. The number of anilines is 2. The fourth-order valence-electron chi connectivity index (χ4n) is 7.43. The van der Waals surface area contributed by atoms with Crippen molar-refractivity contribution in [2.45, 2.75) is 62.8 Å². The molecule has 220 valence electrons. The van der Waals surface area contributed by atoms with Crippen molar-refractivity contribution in [2.75, 3.05) is 49.3 Å². The molecule has 0 saturated carbocycles. The predicted octanol–water partition coefficient (Wildman–Crippen LogP) is 4.97. The number of benzene rings is 2. The quantitative estimate of drug-likeness (QED) is 0.357. The smallest absolute Gasteiger partial charge is 0.129 e. The van der Waals surface area contributed by atoms with Gasteiger partial charge in [0.25, 0.3) is 0 Å². The number of fused-ring (bicyclic) bond motifs is 2. The average Bonchev–Trinajstić information content (AvgIpc) is 3.87. The molecule has 42 heavy (non-hydrogen) atoms. The largest absolute Gasteiger partial charge is 0.392 e. The zero-order chi connectivity index (χ0) is 28.6. The minimum Gasteiger partial charge on any atom is -0.392 e. The second-order valence-electron chi connectivity index (χ2n) is 12.3. The molecule has 8 rings (SSSR count). The molecule has 4 aromatic rings. The van der Waals surface area contributed by atoms with Crippen molar-refractivity contribution in [1.82, 2.24) is 9.97 Å². The van der Waals surface area contributed by atoms with E-state index in [0.717, 1.165) is 96.9 Å². The number of aromatic nitrogens is 2. The van der Waals surface area contributed by atoms with Gasteiger partial charge in [0.1, 0.15) is 11.6 Å². The normalized spacial score (nSPS) is 25.3. The summed E-state index contributed by atoms with van der Waals surface area (Å²) in [5.41, 5.74) is 4.19. The van der Waals surface area contributed by atoms with E-state index in [4.69, 9.17) is 19.4 Å². The van der Waals surface area contributed by atoms with Crippen LogP contribution in [-0.4, -0.2) is 70.8 Å². The van der Waals surface area contributed by atoms with Crippen LogP contribution in [0.5, 0.6) is 0 Å².